The van der Waals surface area contributed by atoms with Gasteiger partial charge in [-0.15, -0.1) is 13.2 Å². The highest BCUT2D eigenvalue weighted by molar-refractivity contribution is 7.89. The molecule has 3 aromatic rings. The summed E-state index contributed by atoms with van der Waals surface area (Å²) < 4.78 is 32.8. The molecule has 10 heteroatoms. The van der Waals surface area contributed by atoms with Gasteiger partial charge in [0.05, 0.1) is 20.7 Å². The molecule has 0 spiro atoms. The number of amides is 1. The number of nitrogens with one attached hydrogen (secondary N) is 1. The second-order valence-electron chi connectivity index (χ2n) is 6.59. The number of hydrogen-bond acceptors (Lipinski definition) is 7. The van der Waals surface area contributed by atoms with Crippen molar-refractivity contribution in [3.05, 3.63) is 73.3 Å². The van der Waals surface area contributed by atoms with Gasteiger partial charge < -0.3 is 4.74 Å². The maximum absolute atomic E-state index is 13.0. The van der Waals surface area contributed by atoms with Crippen LogP contribution in [0.4, 0.5) is 5.13 Å². The van der Waals surface area contributed by atoms with E-state index in [4.69, 9.17) is 4.74 Å². The van der Waals surface area contributed by atoms with E-state index in [1.165, 1.54) is 47.6 Å². The maximum atomic E-state index is 13.0. The maximum Gasteiger partial charge on any atom is 0.308 e. The van der Waals surface area contributed by atoms with Gasteiger partial charge in [-0.2, -0.15) is 4.31 Å². The molecule has 166 valence electrons. The highest BCUT2D eigenvalue weighted by Crippen LogP contribution is 2.30. The fraction of sp³-hybridized carbons (Fsp3) is 0.136. The summed E-state index contributed by atoms with van der Waals surface area (Å²) in [4.78, 5) is 28.4. The van der Waals surface area contributed by atoms with Gasteiger partial charge in [-0.05, 0) is 30.3 Å². The number of sulfonamides is 1. The molecular weight excluding hydrogens is 450 g/mol. The van der Waals surface area contributed by atoms with E-state index >= 15 is 0 Å². The van der Waals surface area contributed by atoms with Crippen molar-refractivity contribution in [1.29, 1.82) is 0 Å². The lowest BCUT2D eigenvalue weighted by atomic mass is 10.2. The van der Waals surface area contributed by atoms with Gasteiger partial charge in [0, 0.05) is 20.0 Å². The lowest BCUT2D eigenvalue weighted by Gasteiger charge is -2.18. The number of ether oxygens (including phenoxy) is 1. The molecule has 0 saturated carbocycles. The molecule has 1 amide bonds. The zero-order valence-electron chi connectivity index (χ0n) is 17.3. The van der Waals surface area contributed by atoms with Crippen LogP contribution in [0.3, 0.4) is 0 Å². The topological polar surface area (TPSA) is 106 Å². The Morgan fingerprint density at radius 3 is 2.50 bits per heavy atom. The number of para-hydroxylation sites is 1. The third-order valence-corrected chi connectivity index (χ3v) is 7.03. The van der Waals surface area contributed by atoms with Crippen LogP contribution in [0.1, 0.15) is 17.3 Å². The molecule has 3 rings (SSSR count). The van der Waals surface area contributed by atoms with Gasteiger partial charge in [0.2, 0.25) is 10.0 Å². The van der Waals surface area contributed by atoms with E-state index in [1.807, 2.05) is 0 Å². The molecule has 0 bridgehead atoms. The van der Waals surface area contributed by atoms with Crippen LogP contribution in [0.15, 0.2) is 72.7 Å². The average Bonchev–Trinajstić information content (AvgIpc) is 3.15. The van der Waals surface area contributed by atoms with Crippen LogP contribution in [0.5, 0.6) is 5.75 Å². The molecule has 0 aliphatic rings. The molecule has 0 fully saturated rings. The molecule has 0 radical (unpaired) electrons. The first kappa shape index (κ1) is 23.3. The van der Waals surface area contributed by atoms with Crippen LogP contribution in [-0.2, 0) is 14.8 Å². The van der Waals surface area contributed by atoms with E-state index < -0.39 is 21.9 Å². The first-order valence-electron chi connectivity index (χ1n) is 9.47. The third kappa shape index (κ3) is 5.10. The number of aromatic nitrogens is 1. The number of rotatable bonds is 9. The quantitative estimate of drug-likeness (QED) is 0.289. The van der Waals surface area contributed by atoms with Crippen LogP contribution >= 0.6 is 11.3 Å². The molecule has 0 atom stereocenters. The summed E-state index contributed by atoms with van der Waals surface area (Å²) in [5, 5.41) is 2.96. The highest BCUT2D eigenvalue weighted by Gasteiger charge is 2.23. The second kappa shape index (κ2) is 9.86. The van der Waals surface area contributed by atoms with Crippen LogP contribution in [0, 0.1) is 0 Å². The van der Waals surface area contributed by atoms with E-state index in [2.05, 4.69) is 23.5 Å². The Morgan fingerprint density at radius 2 is 1.84 bits per heavy atom. The van der Waals surface area contributed by atoms with Crippen LogP contribution in [0.25, 0.3) is 10.2 Å². The summed E-state index contributed by atoms with van der Waals surface area (Å²) >= 11 is 1.13. The predicted molar refractivity (Wildman–Crippen MR) is 124 cm³/mol. The summed E-state index contributed by atoms with van der Waals surface area (Å²) in [7, 11) is -3.76. The van der Waals surface area contributed by atoms with Crippen molar-refractivity contribution in [3.63, 3.8) is 0 Å². The van der Waals surface area contributed by atoms with Gasteiger partial charge in [0.1, 0.15) is 5.75 Å². The molecule has 1 aromatic heterocycles. The van der Waals surface area contributed by atoms with E-state index in [9.17, 15) is 18.0 Å². The zero-order chi connectivity index (χ0) is 23.3. The normalized spacial score (nSPS) is 11.3. The summed E-state index contributed by atoms with van der Waals surface area (Å²) in [6.07, 6.45) is 3.02. The fourth-order valence-electron chi connectivity index (χ4n) is 2.89. The molecule has 1 N–H and O–H groups in total. The van der Waals surface area contributed by atoms with E-state index in [0.717, 1.165) is 11.3 Å². The second-order valence-corrected chi connectivity index (χ2v) is 9.56. The van der Waals surface area contributed by atoms with Crippen LogP contribution < -0.4 is 10.1 Å². The number of carbonyl (C=O) groups excluding carboxylic acids is 2. The summed E-state index contributed by atoms with van der Waals surface area (Å²) in [6.45, 7) is 8.75. The zero-order valence-corrected chi connectivity index (χ0v) is 18.9. The first-order valence-corrected chi connectivity index (χ1v) is 11.7. The van der Waals surface area contributed by atoms with Crippen molar-refractivity contribution in [2.24, 2.45) is 0 Å². The molecule has 8 nitrogen and oxygen atoms in total. The van der Waals surface area contributed by atoms with E-state index in [0.29, 0.717) is 10.2 Å². The van der Waals surface area contributed by atoms with E-state index in [1.54, 1.807) is 18.2 Å². The predicted octanol–water partition coefficient (Wildman–Crippen LogP) is 3.84. The Balaban J connectivity index is 1.89. The van der Waals surface area contributed by atoms with Crippen molar-refractivity contribution in [2.75, 3.05) is 18.4 Å². The molecule has 32 heavy (non-hydrogen) atoms. The lowest BCUT2D eigenvalue weighted by Crippen LogP contribution is -2.31. The number of esters is 1. The highest BCUT2D eigenvalue weighted by atomic mass is 32.2. The van der Waals surface area contributed by atoms with Crippen molar-refractivity contribution >= 4 is 48.6 Å². The number of carbonyl (C=O) groups is 2. The number of fused-ring (bicyclic) bond motifs is 1. The SMILES string of the molecule is C=CCN(CC=C)S(=O)(=O)c1ccc2nc(NC(=O)c3ccccc3OC(C)=O)sc2c1. The Bertz CT molecular complexity index is 1290. The Kier molecular flexibility index (Phi) is 7.18. The monoisotopic (exact) mass is 471 g/mol. The Morgan fingerprint density at radius 1 is 1.16 bits per heavy atom. The van der Waals surface area contributed by atoms with Crippen LogP contribution in [-0.4, -0.2) is 42.7 Å². The molecule has 0 unspecified atom stereocenters. The molecule has 0 saturated heterocycles. The summed E-state index contributed by atoms with van der Waals surface area (Å²) in [5.41, 5.74) is 0.714. The average molecular weight is 472 g/mol. The van der Waals surface area contributed by atoms with Gasteiger partial charge in [0.25, 0.3) is 5.91 Å². The fourth-order valence-corrected chi connectivity index (χ4v) is 5.27. The number of thiazole rings is 1. The molecule has 0 aliphatic heterocycles. The molecule has 0 aliphatic carbocycles. The Hall–Kier alpha value is -3.34. The van der Waals surface area contributed by atoms with Gasteiger partial charge in [-0.3, -0.25) is 14.9 Å². The lowest BCUT2D eigenvalue weighted by molar-refractivity contribution is -0.131. The van der Waals surface area contributed by atoms with Gasteiger partial charge in [-0.1, -0.05) is 35.6 Å². The standard InChI is InChI=1S/C22H21N3O5S2/c1-4-12-25(13-5-2)32(28,29)16-10-11-18-20(14-16)31-22(23-18)24-21(27)17-8-6-7-9-19(17)30-15(3)26/h4-11,14H,1-2,12-13H2,3H3,(H,23,24,27). The number of anilines is 1. The summed E-state index contributed by atoms with van der Waals surface area (Å²) in [6, 6.07) is 10.9. The largest absolute Gasteiger partial charge is 0.426 e. The van der Waals surface area contributed by atoms with Crippen molar-refractivity contribution < 1.29 is 22.7 Å². The van der Waals surface area contributed by atoms with Crippen molar-refractivity contribution in [3.8, 4) is 5.75 Å². The van der Waals surface area contributed by atoms with Crippen molar-refractivity contribution in [1.82, 2.24) is 9.29 Å². The molecular formula is C22H21N3O5S2. The van der Waals surface area contributed by atoms with Gasteiger partial charge >= 0.3 is 5.97 Å². The Labute approximate surface area is 189 Å². The third-order valence-electron chi connectivity index (χ3n) is 4.27. The van der Waals surface area contributed by atoms with Gasteiger partial charge in [-0.25, -0.2) is 13.4 Å². The first-order chi connectivity index (χ1) is 15.3. The van der Waals surface area contributed by atoms with Crippen molar-refractivity contribution in [2.45, 2.75) is 11.8 Å². The molecule has 2 aromatic carbocycles. The van der Waals surface area contributed by atoms with Crippen LogP contribution in [0.2, 0.25) is 0 Å². The van der Waals surface area contributed by atoms with Gasteiger partial charge in [0.15, 0.2) is 5.13 Å². The minimum absolute atomic E-state index is 0.107. The minimum atomic E-state index is -3.76. The smallest absolute Gasteiger partial charge is 0.308 e. The number of benzene rings is 2. The number of nitrogens with zero attached hydrogens (tertiary/aromatic N) is 2. The minimum Gasteiger partial charge on any atom is -0.426 e. The summed E-state index contributed by atoms with van der Waals surface area (Å²) in [5.74, 6) is -0.908. The number of hydrogen-bond donors (Lipinski definition) is 1. The molecule has 1 heterocycles. The van der Waals surface area contributed by atoms with E-state index in [-0.39, 0.29) is 34.4 Å².